The van der Waals surface area contributed by atoms with Crippen molar-refractivity contribution >= 4 is 45.7 Å². The molecule has 32 heavy (non-hydrogen) atoms. The first-order valence-corrected chi connectivity index (χ1v) is 10.7. The average molecular weight is 448 g/mol. The molecule has 0 aliphatic heterocycles. The molecule has 0 aliphatic carbocycles. The molecular weight excluding hydrogens is 426 g/mol. The molecule has 4 aromatic rings. The number of anilines is 2. The number of carbonyl (C=O) groups is 2. The van der Waals surface area contributed by atoms with Crippen LogP contribution >= 0.6 is 11.3 Å². The minimum absolute atomic E-state index is 0.292. The van der Waals surface area contributed by atoms with Crippen LogP contribution in [-0.2, 0) is 6.54 Å². The number of rotatable bonds is 6. The zero-order valence-corrected chi connectivity index (χ0v) is 18.3. The van der Waals surface area contributed by atoms with Gasteiger partial charge in [-0.2, -0.15) is 0 Å². The molecule has 0 atom stereocenters. The standard InChI is InChI=1S/C23H21N5O3S/c1-14-11-19(21-18(26-14)6-3-9-24-21)28-23(30)27-15-7-8-20(31-2)17(12-15)22(29)25-13-16-5-4-10-32-16/h3-12H,13H2,1-2H3,(H,25,29)(H2,26,27,28,30). The molecule has 0 bridgehead atoms. The fourth-order valence-corrected chi connectivity index (χ4v) is 3.86. The van der Waals surface area contributed by atoms with Crippen LogP contribution in [0, 0.1) is 6.92 Å². The van der Waals surface area contributed by atoms with Crippen molar-refractivity contribution in [1.82, 2.24) is 15.3 Å². The zero-order chi connectivity index (χ0) is 22.5. The summed E-state index contributed by atoms with van der Waals surface area (Å²) in [5.74, 6) is 0.124. The Labute approximate surface area is 188 Å². The Bertz CT molecular complexity index is 1270. The summed E-state index contributed by atoms with van der Waals surface area (Å²) in [6, 6.07) is 13.7. The van der Waals surface area contributed by atoms with Crippen LogP contribution in [0.15, 0.2) is 60.1 Å². The molecule has 0 aliphatic rings. The van der Waals surface area contributed by atoms with E-state index in [1.807, 2.05) is 30.5 Å². The third-order valence-electron chi connectivity index (χ3n) is 4.65. The molecule has 0 unspecified atom stereocenters. The number of nitrogens with zero attached hydrogens (tertiary/aromatic N) is 2. The van der Waals surface area contributed by atoms with E-state index in [9.17, 15) is 9.59 Å². The summed E-state index contributed by atoms with van der Waals surface area (Å²) >= 11 is 1.56. The molecule has 3 heterocycles. The first-order chi connectivity index (χ1) is 15.5. The summed E-state index contributed by atoms with van der Waals surface area (Å²) in [5.41, 5.74) is 3.37. The van der Waals surface area contributed by atoms with Crippen LogP contribution in [0.25, 0.3) is 11.0 Å². The van der Waals surface area contributed by atoms with Gasteiger partial charge in [-0.1, -0.05) is 6.07 Å². The number of aryl methyl sites for hydroxylation is 1. The Hall–Kier alpha value is -3.98. The van der Waals surface area contributed by atoms with Gasteiger partial charge in [0.1, 0.15) is 11.3 Å². The third-order valence-corrected chi connectivity index (χ3v) is 5.52. The molecule has 0 fully saturated rings. The minimum atomic E-state index is -0.460. The number of methoxy groups -OCH3 is 1. The molecule has 9 heteroatoms. The number of fused-ring (bicyclic) bond motifs is 1. The number of carbonyl (C=O) groups excluding carboxylic acids is 2. The highest BCUT2D eigenvalue weighted by atomic mass is 32.1. The summed E-state index contributed by atoms with van der Waals surface area (Å²) in [7, 11) is 1.50. The Morgan fingerprint density at radius 2 is 1.97 bits per heavy atom. The lowest BCUT2D eigenvalue weighted by Gasteiger charge is -2.13. The summed E-state index contributed by atoms with van der Waals surface area (Å²) in [5, 5.41) is 10.4. The van der Waals surface area contributed by atoms with E-state index in [1.165, 1.54) is 7.11 Å². The summed E-state index contributed by atoms with van der Waals surface area (Å²) < 4.78 is 5.32. The Morgan fingerprint density at radius 3 is 2.75 bits per heavy atom. The topological polar surface area (TPSA) is 105 Å². The highest BCUT2D eigenvalue weighted by Crippen LogP contribution is 2.24. The summed E-state index contributed by atoms with van der Waals surface area (Å²) in [6.45, 7) is 2.26. The maximum atomic E-state index is 12.7. The Kier molecular flexibility index (Phi) is 6.27. The van der Waals surface area contributed by atoms with Crippen LogP contribution in [0.3, 0.4) is 0 Å². The van der Waals surface area contributed by atoms with Crippen molar-refractivity contribution in [2.24, 2.45) is 0 Å². The van der Waals surface area contributed by atoms with E-state index >= 15 is 0 Å². The van der Waals surface area contributed by atoms with Crippen LogP contribution in [0.4, 0.5) is 16.2 Å². The van der Waals surface area contributed by atoms with Crippen molar-refractivity contribution in [1.29, 1.82) is 0 Å². The molecule has 0 spiro atoms. The lowest BCUT2D eigenvalue weighted by molar-refractivity contribution is 0.0948. The lowest BCUT2D eigenvalue weighted by atomic mass is 10.1. The molecule has 3 amide bonds. The minimum Gasteiger partial charge on any atom is -0.496 e. The number of pyridine rings is 2. The molecule has 0 saturated heterocycles. The van der Waals surface area contributed by atoms with E-state index in [-0.39, 0.29) is 5.91 Å². The highest BCUT2D eigenvalue weighted by molar-refractivity contribution is 7.09. The van der Waals surface area contributed by atoms with Crippen molar-refractivity contribution in [3.8, 4) is 5.75 Å². The fourth-order valence-electron chi connectivity index (χ4n) is 3.21. The van der Waals surface area contributed by atoms with E-state index in [0.717, 1.165) is 10.6 Å². The van der Waals surface area contributed by atoms with Gasteiger partial charge in [-0.05, 0) is 54.8 Å². The second-order valence-corrected chi connectivity index (χ2v) is 7.97. The number of urea groups is 1. The maximum Gasteiger partial charge on any atom is 0.323 e. The number of thiophene rings is 1. The van der Waals surface area contributed by atoms with Crippen LogP contribution < -0.4 is 20.7 Å². The van der Waals surface area contributed by atoms with Crippen LogP contribution in [0.2, 0.25) is 0 Å². The van der Waals surface area contributed by atoms with Crippen molar-refractivity contribution in [2.45, 2.75) is 13.5 Å². The average Bonchev–Trinajstić information content (AvgIpc) is 3.31. The van der Waals surface area contributed by atoms with Gasteiger partial charge in [-0.15, -0.1) is 11.3 Å². The number of benzene rings is 1. The number of hydrogen-bond acceptors (Lipinski definition) is 6. The van der Waals surface area contributed by atoms with Crippen LogP contribution in [0.1, 0.15) is 20.9 Å². The van der Waals surface area contributed by atoms with Crippen LogP contribution in [0.5, 0.6) is 5.75 Å². The third kappa shape index (κ3) is 4.84. The predicted octanol–water partition coefficient (Wildman–Crippen LogP) is 4.58. The van der Waals surface area contributed by atoms with Gasteiger partial charge in [0.25, 0.3) is 5.91 Å². The van der Waals surface area contributed by atoms with Gasteiger partial charge in [-0.3, -0.25) is 14.8 Å². The summed E-state index contributed by atoms with van der Waals surface area (Å²) in [6.07, 6.45) is 1.65. The lowest BCUT2D eigenvalue weighted by Crippen LogP contribution is -2.24. The number of amides is 3. The SMILES string of the molecule is COc1ccc(NC(=O)Nc2cc(C)nc3cccnc23)cc1C(=O)NCc1cccs1. The van der Waals surface area contributed by atoms with Gasteiger partial charge < -0.3 is 20.7 Å². The number of nitrogens with one attached hydrogen (secondary N) is 3. The normalized spacial score (nSPS) is 10.6. The molecule has 3 aromatic heterocycles. The van der Waals surface area contributed by atoms with E-state index in [2.05, 4.69) is 25.9 Å². The second-order valence-electron chi connectivity index (χ2n) is 6.94. The predicted molar refractivity (Wildman–Crippen MR) is 125 cm³/mol. The number of hydrogen-bond donors (Lipinski definition) is 3. The van der Waals surface area contributed by atoms with Crippen molar-refractivity contribution < 1.29 is 14.3 Å². The van der Waals surface area contributed by atoms with Crippen LogP contribution in [-0.4, -0.2) is 29.0 Å². The molecule has 4 rings (SSSR count). The molecule has 0 saturated carbocycles. The summed E-state index contributed by atoms with van der Waals surface area (Å²) in [4.78, 5) is 35.1. The van der Waals surface area contributed by atoms with E-state index in [1.54, 1.807) is 47.9 Å². The second kappa shape index (κ2) is 9.44. The largest absolute Gasteiger partial charge is 0.496 e. The molecule has 3 N–H and O–H groups in total. The van der Waals surface area contributed by atoms with Crippen molar-refractivity contribution in [2.75, 3.05) is 17.7 Å². The first kappa shape index (κ1) is 21.3. The van der Waals surface area contributed by atoms with Crippen molar-refractivity contribution in [3.05, 3.63) is 76.2 Å². The molecule has 8 nitrogen and oxygen atoms in total. The van der Waals surface area contributed by atoms with Gasteiger partial charge >= 0.3 is 6.03 Å². The zero-order valence-electron chi connectivity index (χ0n) is 17.5. The molecular formula is C23H21N5O3S. The Morgan fingerprint density at radius 1 is 1.09 bits per heavy atom. The van der Waals surface area contributed by atoms with Gasteiger partial charge in [0, 0.05) is 22.5 Å². The maximum absolute atomic E-state index is 12.7. The smallest absolute Gasteiger partial charge is 0.323 e. The monoisotopic (exact) mass is 447 g/mol. The van der Waals surface area contributed by atoms with Gasteiger partial charge in [0.2, 0.25) is 0 Å². The quantitative estimate of drug-likeness (QED) is 0.401. The molecule has 1 aromatic carbocycles. The Balaban J connectivity index is 1.50. The van der Waals surface area contributed by atoms with Gasteiger partial charge in [-0.25, -0.2) is 4.79 Å². The number of aromatic nitrogens is 2. The fraction of sp³-hybridized carbons (Fsp3) is 0.130. The molecule has 0 radical (unpaired) electrons. The van der Waals surface area contributed by atoms with E-state index in [0.29, 0.717) is 40.3 Å². The van der Waals surface area contributed by atoms with Gasteiger partial charge in [0.15, 0.2) is 0 Å². The van der Waals surface area contributed by atoms with E-state index < -0.39 is 6.03 Å². The molecule has 162 valence electrons. The van der Waals surface area contributed by atoms with E-state index in [4.69, 9.17) is 4.74 Å². The first-order valence-electron chi connectivity index (χ1n) is 9.82. The highest BCUT2D eigenvalue weighted by Gasteiger charge is 2.15. The number of ether oxygens (including phenoxy) is 1. The van der Waals surface area contributed by atoms with Gasteiger partial charge in [0.05, 0.1) is 30.4 Å². The van der Waals surface area contributed by atoms with Crippen molar-refractivity contribution in [3.63, 3.8) is 0 Å².